The lowest BCUT2D eigenvalue weighted by Crippen LogP contribution is -2.17. The second kappa shape index (κ2) is 5.99. The molecule has 23 heavy (non-hydrogen) atoms. The molecular weight excluding hydrogens is 297 g/mol. The van der Waals surface area contributed by atoms with Crippen molar-refractivity contribution in [3.05, 3.63) is 58.7 Å². The van der Waals surface area contributed by atoms with Gasteiger partial charge < -0.3 is 9.67 Å². The highest BCUT2D eigenvalue weighted by Crippen LogP contribution is 2.32. The van der Waals surface area contributed by atoms with Crippen LogP contribution in [0.4, 0.5) is 4.39 Å². The number of hydrogen-bond donors (Lipinski definition) is 1. The van der Waals surface area contributed by atoms with Crippen LogP contribution < -0.4 is 0 Å². The molecule has 0 bridgehead atoms. The van der Waals surface area contributed by atoms with Crippen molar-refractivity contribution in [1.82, 2.24) is 4.57 Å². The Morgan fingerprint density at radius 2 is 2.00 bits per heavy atom. The summed E-state index contributed by atoms with van der Waals surface area (Å²) in [5.41, 5.74) is 1.76. The Hall–Kier alpha value is -2.43. The second-order valence-electron chi connectivity index (χ2n) is 5.95. The van der Waals surface area contributed by atoms with Crippen LogP contribution in [-0.4, -0.2) is 21.4 Å². The molecule has 0 fully saturated rings. The highest BCUT2D eigenvalue weighted by Gasteiger charge is 2.30. The van der Waals surface area contributed by atoms with E-state index in [0.717, 1.165) is 12.8 Å². The quantitative estimate of drug-likeness (QED) is 0.882. The molecule has 1 atom stereocenters. The van der Waals surface area contributed by atoms with E-state index in [1.165, 1.54) is 18.2 Å². The van der Waals surface area contributed by atoms with Gasteiger partial charge in [0, 0.05) is 12.2 Å². The van der Waals surface area contributed by atoms with Crippen molar-refractivity contribution in [3.8, 4) is 0 Å². The summed E-state index contributed by atoms with van der Waals surface area (Å²) in [5, 5.41) is 9.45. The first-order valence-electron chi connectivity index (χ1n) is 7.72. The van der Waals surface area contributed by atoms with Gasteiger partial charge in [0.1, 0.15) is 5.82 Å². The number of carbonyl (C=O) groups is 2. The minimum absolute atomic E-state index is 0.0209. The number of carboxylic acid groups (broad SMARTS) is 1. The van der Waals surface area contributed by atoms with Crippen LogP contribution >= 0.6 is 0 Å². The summed E-state index contributed by atoms with van der Waals surface area (Å²) in [5.74, 6) is -2.44. The largest absolute Gasteiger partial charge is 0.481 e. The molecule has 1 unspecified atom stereocenters. The van der Waals surface area contributed by atoms with Gasteiger partial charge in [0.2, 0.25) is 5.78 Å². The topological polar surface area (TPSA) is 59.3 Å². The lowest BCUT2D eigenvalue weighted by Gasteiger charge is -2.13. The maximum absolute atomic E-state index is 14.0. The molecule has 3 rings (SSSR count). The minimum atomic E-state index is -0.879. The molecule has 5 heteroatoms. The molecule has 1 aliphatic rings. The first-order valence-corrected chi connectivity index (χ1v) is 7.72. The van der Waals surface area contributed by atoms with Gasteiger partial charge in [-0.1, -0.05) is 18.6 Å². The first kappa shape index (κ1) is 15.5. The third-order valence-electron chi connectivity index (χ3n) is 4.43. The Balaban J connectivity index is 2.13. The zero-order chi connectivity index (χ0) is 16.6. The number of aromatic nitrogens is 1. The van der Waals surface area contributed by atoms with Gasteiger partial charge >= 0.3 is 5.97 Å². The fraction of sp³-hybridized carbons (Fsp3) is 0.333. The summed E-state index contributed by atoms with van der Waals surface area (Å²) in [6.45, 7) is 2.36. The molecule has 1 aromatic carbocycles. The zero-order valence-corrected chi connectivity index (χ0v) is 12.9. The summed E-state index contributed by atoms with van der Waals surface area (Å²) >= 11 is 0. The Morgan fingerprint density at radius 1 is 1.26 bits per heavy atom. The summed E-state index contributed by atoms with van der Waals surface area (Å²) < 4.78 is 15.7. The Kier molecular flexibility index (Phi) is 4.03. The van der Waals surface area contributed by atoms with Gasteiger partial charge in [0.25, 0.3) is 0 Å². The third kappa shape index (κ3) is 2.67. The van der Waals surface area contributed by atoms with Gasteiger partial charge in [0.15, 0.2) is 0 Å². The molecule has 1 aliphatic heterocycles. The van der Waals surface area contributed by atoms with E-state index in [0.29, 0.717) is 29.9 Å². The van der Waals surface area contributed by atoms with Crippen LogP contribution in [0.5, 0.6) is 0 Å². The van der Waals surface area contributed by atoms with Crippen LogP contribution in [0, 0.1) is 12.7 Å². The van der Waals surface area contributed by atoms with Gasteiger partial charge in [-0.2, -0.15) is 0 Å². The van der Waals surface area contributed by atoms with Crippen LogP contribution in [-0.2, 0) is 11.3 Å². The third-order valence-corrected chi connectivity index (χ3v) is 4.43. The average Bonchev–Trinajstić information content (AvgIpc) is 2.69. The van der Waals surface area contributed by atoms with Crippen LogP contribution in [0.25, 0.3) is 0 Å². The molecule has 4 nitrogen and oxygen atoms in total. The van der Waals surface area contributed by atoms with E-state index in [1.54, 1.807) is 23.6 Å². The van der Waals surface area contributed by atoms with Gasteiger partial charge in [-0.25, -0.2) is 4.39 Å². The standard InChI is InChI=1S/C18H18FNO3/c1-11-10-15-13(18(22)23)7-4-5-9-20(15)16(11)17(21)12-6-2-3-8-14(12)19/h2-3,6,8,10,13H,4-5,7,9H2,1H3,(H,22,23). The molecule has 0 aliphatic carbocycles. The van der Waals surface area contributed by atoms with Gasteiger partial charge in [0.05, 0.1) is 17.2 Å². The first-order chi connectivity index (χ1) is 11.0. The van der Waals surface area contributed by atoms with Crippen LogP contribution in [0.3, 0.4) is 0 Å². The van der Waals surface area contributed by atoms with Crippen molar-refractivity contribution < 1.29 is 19.1 Å². The lowest BCUT2D eigenvalue weighted by atomic mass is 9.99. The number of benzene rings is 1. The number of hydrogen-bond acceptors (Lipinski definition) is 2. The fourth-order valence-electron chi connectivity index (χ4n) is 3.33. The number of aliphatic carboxylic acids is 1. The van der Waals surface area contributed by atoms with E-state index in [9.17, 15) is 19.1 Å². The summed E-state index contributed by atoms with van der Waals surface area (Å²) in [4.78, 5) is 24.3. The summed E-state index contributed by atoms with van der Waals surface area (Å²) in [6.07, 6.45) is 2.17. The molecule has 1 aromatic heterocycles. The predicted octanol–water partition coefficient (Wildman–Crippen LogP) is 3.52. The molecule has 0 radical (unpaired) electrons. The monoisotopic (exact) mass is 315 g/mol. The number of carboxylic acids is 1. The molecule has 120 valence electrons. The van der Waals surface area contributed by atoms with Crippen molar-refractivity contribution in [2.24, 2.45) is 0 Å². The zero-order valence-electron chi connectivity index (χ0n) is 12.9. The highest BCUT2D eigenvalue weighted by atomic mass is 19.1. The number of halogens is 1. The molecule has 1 N–H and O–H groups in total. The number of nitrogens with zero attached hydrogens (tertiary/aromatic N) is 1. The summed E-state index contributed by atoms with van der Waals surface area (Å²) in [7, 11) is 0. The van der Waals surface area contributed by atoms with Crippen molar-refractivity contribution in [1.29, 1.82) is 0 Å². The molecule has 2 aromatic rings. The number of fused-ring (bicyclic) bond motifs is 1. The molecule has 0 saturated carbocycles. The van der Waals surface area contributed by atoms with Crippen molar-refractivity contribution in [2.45, 2.75) is 38.6 Å². The number of aryl methyl sites for hydroxylation is 1. The number of carbonyl (C=O) groups excluding carboxylic acids is 1. The lowest BCUT2D eigenvalue weighted by molar-refractivity contribution is -0.139. The van der Waals surface area contributed by atoms with Gasteiger partial charge in [-0.15, -0.1) is 0 Å². The minimum Gasteiger partial charge on any atom is -0.481 e. The Labute approximate surface area is 133 Å². The van der Waals surface area contributed by atoms with Crippen molar-refractivity contribution in [3.63, 3.8) is 0 Å². The van der Waals surface area contributed by atoms with Crippen LogP contribution in [0.1, 0.15) is 52.5 Å². The van der Waals surface area contributed by atoms with E-state index in [2.05, 4.69) is 0 Å². The number of rotatable bonds is 3. The SMILES string of the molecule is Cc1cc2n(c1C(=O)c1ccccc1F)CCCCC2C(=O)O. The number of ketones is 1. The van der Waals surface area contributed by atoms with Crippen LogP contribution in [0.2, 0.25) is 0 Å². The molecule has 2 heterocycles. The van der Waals surface area contributed by atoms with Gasteiger partial charge in [-0.3, -0.25) is 9.59 Å². The maximum atomic E-state index is 14.0. The molecule has 0 amide bonds. The molecular formula is C18H18FNO3. The summed E-state index contributed by atoms with van der Waals surface area (Å²) in [6, 6.07) is 7.64. The van der Waals surface area contributed by atoms with E-state index in [1.807, 2.05) is 0 Å². The maximum Gasteiger partial charge on any atom is 0.312 e. The normalized spacial score (nSPS) is 17.4. The Morgan fingerprint density at radius 3 is 2.70 bits per heavy atom. The van der Waals surface area contributed by atoms with E-state index in [4.69, 9.17) is 0 Å². The Bertz CT molecular complexity index is 779. The van der Waals surface area contributed by atoms with E-state index < -0.39 is 23.5 Å². The second-order valence-corrected chi connectivity index (χ2v) is 5.95. The fourth-order valence-corrected chi connectivity index (χ4v) is 3.33. The molecule has 0 saturated heterocycles. The van der Waals surface area contributed by atoms with Crippen molar-refractivity contribution in [2.75, 3.05) is 0 Å². The smallest absolute Gasteiger partial charge is 0.312 e. The van der Waals surface area contributed by atoms with E-state index in [-0.39, 0.29) is 5.56 Å². The van der Waals surface area contributed by atoms with Gasteiger partial charge in [-0.05, 0) is 43.5 Å². The molecule has 0 spiro atoms. The van der Waals surface area contributed by atoms with Crippen molar-refractivity contribution >= 4 is 11.8 Å². The predicted molar refractivity (Wildman–Crippen MR) is 83.2 cm³/mol. The highest BCUT2D eigenvalue weighted by molar-refractivity contribution is 6.09. The van der Waals surface area contributed by atoms with Crippen LogP contribution in [0.15, 0.2) is 30.3 Å². The van der Waals surface area contributed by atoms with E-state index >= 15 is 0 Å². The average molecular weight is 315 g/mol.